The molecular weight excluding hydrogens is 462 g/mol. The molecular formula is C22H27N5O4S2. The topological polar surface area (TPSA) is 106 Å². The smallest absolute Gasteiger partial charge is 0.350 e. The van der Waals surface area contributed by atoms with E-state index in [0.717, 1.165) is 16.1 Å². The molecule has 0 aliphatic carbocycles. The number of nitrogens with zero attached hydrogens (tertiary/aromatic N) is 4. The Balaban J connectivity index is 1.53. The number of aromatic nitrogens is 3. The molecule has 0 spiro atoms. The Labute approximate surface area is 196 Å². The molecule has 2 aromatic heterocycles. The Hall–Kier alpha value is -2.76. The number of piperidine rings is 1. The van der Waals surface area contributed by atoms with E-state index < -0.39 is 10.0 Å². The summed E-state index contributed by atoms with van der Waals surface area (Å²) in [7, 11) is -3.25. The van der Waals surface area contributed by atoms with Gasteiger partial charge in [-0.2, -0.15) is 5.10 Å². The van der Waals surface area contributed by atoms with Crippen LogP contribution in [0.3, 0.4) is 0 Å². The predicted octanol–water partition coefficient (Wildman–Crippen LogP) is 1.86. The fraction of sp³-hybridized carbons (Fsp3) is 0.409. The quantitative estimate of drug-likeness (QED) is 0.545. The minimum absolute atomic E-state index is 0.0744. The van der Waals surface area contributed by atoms with Gasteiger partial charge in [0, 0.05) is 25.6 Å². The van der Waals surface area contributed by atoms with Crippen molar-refractivity contribution >= 4 is 27.3 Å². The fourth-order valence-electron chi connectivity index (χ4n) is 3.94. The maximum absolute atomic E-state index is 13.2. The van der Waals surface area contributed by atoms with E-state index >= 15 is 0 Å². The second-order valence-corrected chi connectivity index (χ2v) is 11.2. The van der Waals surface area contributed by atoms with Crippen LogP contribution in [0.4, 0.5) is 0 Å². The lowest BCUT2D eigenvalue weighted by Crippen LogP contribution is -2.37. The SMILES string of the molecule is Cc1ccc(CNC(=O)Cn2nc(C3CCN(S(C)(=O)=O)CC3)n(-c3cccs3)c2=O)cc1. The van der Waals surface area contributed by atoms with Crippen LogP contribution in [0.15, 0.2) is 46.6 Å². The van der Waals surface area contributed by atoms with Gasteiger partial charge in [0.15, 0.2) is 0 Å². The number of carbonyl (C=O) groups is 1. The number of carbonyl (C=O) groups excluding carboxylic acids is 1. The zero-order chi connectivity index (χ0) is 23.6. The largest absolute Gasteiger partial charge is 0.351 e. The summed E-state index contributed by atoms with van der Waals surface area (Å²) in [4.78, 5) is 25.7. The summed E-state index contributed by atoms with van der Waals surface area (Å²) in [6.45, 7) is 2.95. The Morgan fingerprint density at radius 3 is 2.48 bits per heavy atom. The number of amides is 1. The van der Waals surface area contributed by atoms with Crippen molar-refractivity contribution < 1.29 is 13.2 Å². The second-order valence-electron chi connectivity index (χ2n) is 8.28. The third-order valence-corrected chi connectivity index (χ3v) is 7.94. The highest BCUT2D eigenvalue weighted by Crippen LogP contribution is 2.29. The summed E-state index contributed by atoms with van der Waals surface area (Å²) in [5.41, 5.74) is 1.75. The van der Waals surface area contributed by atoms with Gasteiger partial charge in [0.1, 0.15) is 17.4 Å². The molecule has 0 saturated carbocycles. The van der Waals surface area contributed by atoms with Crippen molar-refractivity contribution in [2.75, 3.05) is 19.3 Å². The highest BCUT2D eigenvalue weighted by atomic mass is 32.2. The summed E-state index contributed by atoms with van der Waals surface area (Å²) in [5.74, 6) is 0.198. The predicted molar refractivity (Wildman–Crippen MR) is 127 cm³/mol. The van der Waals surface area contributed by atoms with Gasteiger partial charge in [0.2, 0.25) is 15.9 Å². The standard InChI is InChI=1S/C22H27N5O4S2/c1-16-5-7-17(8-6-16)14-23-19(28)15-26-22(29)27(20-4-3-13-32-20)21(24-26)18-9-11-25(12-10-18)33(2,30)31/h3-8,13,18H,9-12,14-15H2,1-2H3,(H,23,28). The summed E-state index contributed by atoms with van der Waals surface area (Å²) in [6.07, 6.45) is 2.34. The molecule has 3 aromatic rings. The lowest BCUT2D eigenvalue weighted by molar-refractivity contribution is -0.122. The molecule has 1 amide bonds. The van der Waals surface area contributed by atoms with E-state index in [1.54, 1.807) is 4.57 Å². The summed E-state index contributed by atoms with van der Waals surface area (Å²) in [5, 5.41) is 9.98. The molecule has 4 rings (SSSR count). The highest BCUT2D eigenvalue weighted by Gasteiger charge is 2.30. The number of thiophene rings is 1. The van der Waals surface area contributed by atoms with Crippen LogP contribution in [0.5, 0.6) is 0 Å². The van der Waals surface area contributed by atoms with Crippen LogP contribution in [-0.4, -0.2) is 52.3 Å². The third kappa shape index (κ3) is 5.43. The Morgan fingerprint density at radius 1 is 1.18 bits per heavy atom. The molecule has 0 unspecified atom stereocenters. The number of rotatable bonds is 7. The van der Waals surface area contributed by atoms with E-state index in [2.05, 4.69) is 10.4 Å². The number of hydrogen-bond acceptors (Lipinski definition) is 6. The fourth-order valence-corrected chi connectivity index (χ4v) is 5.55. The Morgan fingerprint density at radius 2 is 1.88 bits per heavy atom. The molecule has 1 aromatic carbocycles. The van der Waals surface area contributed by atoms with E-state index in [-0.39, 0.29) is 24.1 Å². The molecule has 0 bridgehead atoms. The van der Waals surface area contributed by atoms with Gasteiger partial charge in [-0.15, -0.1) is 11.3 Å². The van der Waals surface area contributed by atoms with Crippen molar-refractivity contribution in [1.29, 1.82) is 0 Å². The van der Waals surface area contributed by atoms with E-state index in [0.29, 0.717) is 38.3 Å². The van der Waals surface area contributed by atoms with Gasteiger partial charge in [0.05, 0.1) is 6.26 Å². The van der Waals surface area contributed by atoms with Gasteiger partial charge in [-0.1, -0.05) is 29.8 Å². The number of sulfonamides is 1. The molecule has 33 heavy (non-hydrogen) atoms. The molecule has 176 valence electrons. The Bertz CT molecular complexity index is 1270. The van der Waals surface area contributed by atoms with Crippen LogP contribution < -0.4 is 11.0 Å². The van der Waals surface area contributed by atoms with Crippen LogP contribution in [-0.2, 0) is 27.9 Å². The first-order valence-corrected chi connectivity index (χ1v) is 13.5. The summed E-state index contributed by atoms with van der Waals surface area (Å²) < 4.78 is 27.9. The number of aryl methyl sites for hydroxylation is 1. The van der Waals surface area contributed by atoms with Crippen LogP contribution in [0.2, 0.25) is 0 Å². The molecule has 9 nitrogen and oxygen atoms in total. The van der Waals surface area contributed by atoms with E-state index in [1.165, 1.54) is 26.6 Å². The summed E-state index contributed by atoms with van der Waals surface area (Å²) in [6, 6.07) is 11.6. The maximum Gasteiger partial charge on any atom is 0.351 e. The molecule has 3 heterocycles. The first-order chi connectivity index (χ1) is 15.7. The Kier molecular flexibility index (Phi) is 6.82. The molecule has 11 heteroatoms. The number of benzene rings is 1. The third-order valence-electron chi connectivity index (χ3n) is 5.78. The monoisotopic (exact) mass is 489 g/mol. The van der Waals surface area contributed by atoms with Crippen molar-refractivity contribution in [3.8, 4) is 5.00 Å². The van der Waals surface area contributed by atoms with Crippen LogP contribution in [0.25, 0.3) is 5.00 Å². The van der Waals surface area contributed by atoms with Crippen LogP contribution in [0.1, 0.15) is 35.7 Å². The van der Waals surface area contributed by atoms with Gasteiger partial charge >= 0.3 is 5.69 Å². The first-order valence-electron chi connectivity index (χ1n) is 10.7. The lowest BCUT2D eigenvalue weighted by Gasteiger charge is -2.29. The van der Waals surface area contributed by atoms with Gasteiger partial charge in [-0.3, -0.25) is 4.79 Å². The van der Waals surface area contributed by atoms with E-state index in [9.17, 15) is 18.0 Å². The van der Waals surface area contributed by atoms with Crippen molar-refractivity contribution in [2.45, 2.75) is 38.8 Å². The van der Waals surface area contributed by atoms with E-state index in [1.807, 2.05) is 48.7 Å². The zero-order valence-electron chi connectivity index (χ0n) is 18.6. The van der Waals surface area contributed by atoms with Crippen LogP contribution in [0, 0.1) is 6.92 Å². The van der Waals surface area contributed by atoms with Gasteiger partial charge in [-0.25, -0.2) is 26.8 Å². The van der Waals surface area contributed by atoms with Crippen molar-refractivity contribution in [3.63, 3.8) is 0 Å². The van der Waals surface area contributed by atoms with Crippen molar-refractivity contribution in [1.82, 2.24) is 24.0 Å². The molecule has 0 atom stereocenters. The van der Waals surface area contributed by atoms with Gasteiger partial charge < -0.3 is 5.32 Å². The lowest BCUT2D eigenvalue weighted by atomic mass is 9.97. The van der Waals surface area contributed by atoms with E-state index in [4.69, 9.17) is 0 Å². The number of hydrogen-bond donors (Lipinski definition) is 1. The molecule has 1 aliphatic rings. The maximum atomic E-state index is 13.2. The van der Waals surface area contributed by atoms with Gasteiger partial charge in [-0.05, 0) is 42.8 Å². The average molecular weight is 490 g/mol. The second kappa shape index (κ2) is 9.62. The van der Waals surface area contributed by atoms with Crippen molar-refractivity contribution in [2.24, 2.45) is 0 Å². The first kappa shape index (κ1) is 23.4. The zero-order valence-corrected chi connectivity index (χ0v) is 20.2. The highest BCUT2D eigenvalue weighted by molar-refractivity contribution is 7.88. The van der Waals surface area contributed by atoms with Crippen LogP contribution >= 0.6 is 11.3 Å². The molecule has 1 N–H and O–H groups in total. The molecule has 1 aliphatic heterocycles. The molecule has 1 saturated heterocycles. The summed E-state index contributed by atoms with van der Waals surface area (Å²) >= 11 is 1.42. The van der Waals surface area contributed by atoms with Crippen molar-refractivity contribution in [3.05, 3.63) is 69.2 Å². The normalized spacial score (nSPS) is 15.6. The molecule has 1 fully saturated rings. The average Bonchev–Trinajstić information content (AvgIpc) is 3.41. The number of nitrogens with one attached hydrogen (secondary N) is 1. The minimum atomic E-state index is -3.25. The molecule has 0 radical (unpaired) electrons. The minimum Gasteiger partial charge on any atom is -0.350 e. The van der Waals surface area contributed by atoms with Gasteiger partial charge in [0.25, 0.3) is 0 Å².